The lowest BCUT2D eigenvalue weighted by molar-refractivity contribution is -0.140. The fourth-order valence-corrected chi connectivity index (χ4v) is 1.93. The third-order valence-corrected chi connectivity index (χ3v) is 3.57. The second-order valence-electron chi connectivity index (χ2n) is 5.49. The molecule has 0 aliphatic heterocycles. The van der Waals surface area contributed by atoms with Gasteiger partial charge < -0.3 is 14.6 Å². The molecule has 2 atom stereocenters. The molecule has 5 nitrogen and oxygen atoms in total. The van der Waals surface area contributed by atoms with Crippen LogP contribution in [0.15, 0.2) is 60.7 Å². The lowest BCUT2D eigenvalue weighted by atomic mass is 9.98. The number of methoxy groups -OCH3 is 1. The Bertz CT molecular complexity index is 631. The molecule has 0 aliphatic carbocycles. The Kier molecular flexibility index (Phi) is 8.96. The molecule has 5 heteroatoms. The first-order chi connectivity index (χ1) is 11.9. The predicted molar refractivity (Wildman–Crippen MR) is 96.9 cm³/mol. The number of hydrogen-bond donors (Lipinski definition) is 1. The summed E-state index contributed by atoms with van der Waals surface area (Å²) < 4.78 is 10.3. The van der Waals surface area contributed by atoms with Crippen molar-refractivity contribution < 1.29 is 24.2 Å². The van der Waals surface area contributed by atoms with Gasteiger partial charge in [-0.3, -0.25) is 0 Å². The molecule has 0 amide bonds. The van der Waals surface area contributed by atoms with Crippen molar-refractivity contribution in [2.24, 2.45) is 5.92 Å². The second kappa shape index (κ2) is 11.0. The Labute approximate surface area is 148 Å². The van der Waals surface area contributed by atoms with E-state index >= 15 is 0 Å². The molecule has 0 radical (unpaired) electrons. The molecule has 25 heavy (non-hydrogen) atoms. The number of carbonyl (C=O) groups is 2. The van der Waals surface area contributed by atoms with Gasteiger partial charge in [-0.1, -0.05) is 55.1 Å². The zero-order valence-corrected chi connectivity index (χ0v) is 14.6. The van der Waals surface area contributed by atoms with Gasteiger partial charge in [0.15, 0.2) is 0 Å². The fraction of sp³-hybridized carbons (Fsp3) is 0.300. The molecule has 0 aliphatic rings. The van der Waals surface area contributed by atoms with E-state index in [1.807, 2.05) is 43.3 Å². The minimum absolute atomic E-state index is 0.0123. The van der Waals surface area contributed by atoms with Crippen LogP contribution in [0.4, 0.5) is 0 Å². The van der Waals surface area contributed by atoms with E-state index in [0.29, 0.717) is 6.42 Å². The Hall–Kier alpha value is -2.66. The smallest absolute Gasteiger partial charge is 0.334 e. The Balaban J connectivity index is 2.77. The van der Waals surface area contributed by atoms with Crippen LogP contribution in [-0.4, -0.2) is 36.9 Å². The molecule has 1 aromatic rings. The first-order valence-electron chi connectivity index (χ1n) is 7.97. The molecular weight excluding hydrogens is 320 g/mol. The number of carboxylic acid groups (broad SMARTS) is 1. The highest BCUT2D eigenvalue weighted by Crippen LogP contribution is 2.17. The van der Waals surface area contributed by atoms with Gasteiger partial charge in [0.2, 0.25) is 0 Å². The summed E-state index contributed by atoms with van der Waals surface area (Å²) in [6, 6.07) is 9.49. The van der Waals surface area contributed by atoms with E-state index in [1.54, 1.807) is 13.2 Å². The Morgan fingerprint density at radius 2 is 1.92 bits per heavy atom. The summed E-state index contributed by atoms with van der Waals surface area (Å²) in [6.45, 7) is 5.85. The third-order valence-electron chi connectivity index (χ3n) is 3.57. The third kappa shape index (κ3) is 8.13. The van der Waals surface area contributed by atoms with E-state index in [0.717, 1.165) is 11.6 Å². The average Bonchev–Trinajstić information content (AvgIpc) is 2.61. The minimum atomic E-state index is -1.09. The van der Waals surface area contributed by atoms with E-state index in [2.05, 4.69) is 6.58 Å². The summed E-state index contributed by atoms with van der Waals surface area (Å²) in [4.78, 5) is 22.9. The normalized spacial score (nSPS) is 13.7. The van der Waals surface area contributed by atoms with Crippen LogP contribution in [-0.2, 0) is 19.1 Å². The molecule has 134 valence electrons. The van der Waals surface area contributed by atoms with E-state index in [-0.39, 0.29) is 18.3 Å². The first-order valence-corrected chi connectivity index (χ1v) is 7.97. The first kappa shape index (κ1) is 20.4. The van der Waals surface area contributed by atoms with Gasteiger partial charge in [-0.15, -0.1) is 0 Å². The fourth-order valence-electron chi connectivity index (χ4n) is 1.93. The monoisotopic (exact) mass is 344 g/mol. The standard InChI is InChI=1S/C20H24O5/c1-15(24-3)13-14-25-20(23)16(2)18(11-12-19(21)22)10-9-17-7-5-4-6-8-17/h4-12,15,18H,2,13-14H2,1,3H3,(H,21,22). The minimum Gasteiger partial charge on any atom is -0.478 e. The molecule has 0 aromatic heterocycles. The summed E-state index contributed by atoms with van der Waals surface area (Å²) in [5.41, 5.74) is 1.11. The van der Waals surface area contributed by atoms with Crippen LogP contribution in [0.1, 0.15) is 18.9 Å². The van der Waals surface area contributed by atoms with E-state index in [1.165, 1.54) is 6.08 Å². The lowest BCUT2D eigenvalue weighted by Crippen LogP contribution is -2.16. The zero-order valence-electron chi connectivity index (χ0n) is 14.6. The molecule has 0 saturated heterocycles. The van der Waals surface area contributed by atoms with Crippen LogP contribution in [0.25, 0.3) is 6.08 Å². The molecule has 2 unspecified atom stereocenters. The number of rotatable bonds is 10. The largest absolute Gasteiger partial charge is 0.478 e. The number of carbonyl (C=O) groups excluding carboxylic acids is 1. The molecule has 0 spiro atoms. The summed E-state index contributed by atoms with van der Waals surface area (Å²) in [5, 5.41) is 8.83. The van der Waals surface area contributed by atoms with Crippen LogP contribution < -0.4 is 0 Å². The van der Waals surface area contributed by atoms with Crippen molar-refractivity contribution in [3.63, 3.8) is 0 Å². The van der Waals surface area contributed by atoms with E-state index in [9.17, 15) is 9.59 Å². The summed E-state index contributed by atoms with van der Waals surface area (Å²) in [6.07, 6.45) is 6.49. The van der Waals surface area contributed by atoms with E-state index in [4.69, 9.17) is 14.6 Å². The molecular formula is C20H24O5. The quantitative estimate of drug-likeness (QED) is 0.520. The van der Waals surface area contributed by atoms with Crippen molar-refractivity contribution in [2.75, 3.05) is 13.7 Å². The SMILES string of the molecule is C=C(C(=O)OCCC(C)OC)C(C=CC(=O)O)C=Cc1ccccc1. The van der Waals surface area contributed by atoms with Crippen LogP contribution in [0, 0.1) is 5.92 Å². The maximum atomic E-state index is 12.1. The molecule has 1 rings (SSSR count). The van der Waals surface area contributed by atoms with Crippen molar-refractivity contribution in [1.29, 1.82) is 0 Å². The van der Waals surface area contributed by atoms with Gasteiger partial charge in [0.05, 0.1) is 12.7 Å². The van der Waals surface area contributed by atoms with Crippen LogP contribution >= 0.6 is 0 Å². The van der Waals surface area contributed by atoms with Crippen LogP contribution in [0.5, 0.6) is 0 Å². The lowest BCUT2D eigenvalue weighted by Gasteiger charge is -2.13. The highest BCUT2D eigenvalue weighted by atomic mass is 16.5. The van der Waals surface area contributed by atoms with Gasteiger partial charge >= 0.3 is 11.9 Å². The topological polar surface area (TPSA) is 72.8 Å². The maximum Gasteiger partial charge on any atom is 0.334 e. The van der Waals surface area contributed by atoms with Crippen LogP contribution in [0.2, 0.25) is 0 Å². The number of hydrogen-bond acceptors (Lipinski definition) is 4. The number of benzene rings is 1. The van der Waals surface area contributed by atoms with Gasteiger partial charge in [-0.05, 0) is 12.5 Å². The summed E-state index contributed by atoms with van der Waals surface area (Å²) in [5.74, 6) is -2.21. The second-order valence-corrected chi connectivity index (χ2v) is 5.49. The number of aliphatic carboxylic acids is 1. The molecule has 0 heterocycles. The Morgan fingerprint density at radius 3 is 2.52 bits per heavy atom. The van der Waals surface area contributed by atoms with Crippen molar-refractivity contribution >= 4 is 18.0 Å². The van der Waals surface area contributed by atoms with Gasteiger partial charge in [0.1, 0.15) is 0 Å². The molecule has 0 bridgehead atoms. The van der Waals surface area contributed by atoms with Crippen LogP contribution in [0.3, 0.4) is 0 Å². The van der Waals surface area contributed by atoms with Gasteiger partial charge in [0.25, 0.3) is 0 Å². The van der Waals surface area contributed by atoms with E-state index < -0.39 is 17.9 Å². The Morgan fingerprint density at radius 1 is 1.24 bits per heavy atom. The molecule has 1 N–H and O–H groups in total. The summed E-state index contributed by atoms with van der Waals surface area (Å²) >= 11 is 0. The maximum absolute atomic E-state index is 12.1. The molecule has 0 fully saturated rings. The zero-order chi connectivity index (χ0) is 18.7. The molecule has 1 aromatic carbocycles. The van der Waals surface area contributed by atoms with Crippen molar-refractivity contribution in [1.82, 2.24) is 0 Å². The summed E-state index contributed by atoms with van der Waals surface area (Å²) in [7, 11) is 1.59. The number of ether oxygens (including phenoxy) is 2. The highest BCUT2D eigenvalue weighted by molar-refractivity contribution is 5.90. The van der Waals surface area contributed by atoms with Crippen molar-refractivity contribution in [2.45, 2.75) is 19.4 Å². The number of esters is 1. The van der Waals surface area contributed by atoms with Gasteiger partial charge in [-0.2, -0.15) is 0 Å². The van der Waals surface area contributed by atoms with Gasteiger partial charge in [-0.25, -0.2) is 9.59 Å². The number of carboxylic acids is 1. The van der Waals surface area contributed by atoms with Gasteiger partial charge in [0, 0.05) is 31.1 Å². The number of allylic oxidation sites excluding steroid dienone is 2. The predicted octanol–water partition coefficient (Wildman–Crippen LogP) is 3.48. The highest BCUT2D eigenvalue weighted by Gasteiger charge is 2.16. The van der Waals surface area contributed by atoms with Crippen molar-refractivity contribution in [3.8, 4) is 0 Å². The average molecular weight is 344 g/mol. The molecule has 0 saturated carbocycles. The van der Waals surface area contributed by atoms with Crippen molar-refractivity contribution in [3.05, 3.63) is 66.3 Å².